The maximum Gasteiger partial charge on any atom is 0.246 e. The fourth-order valence-electron chi connectivity index (χ4n) is 16.7. The van der Waals surface area contributed by atoms with Crippen molar-refractivity contribution in [3.8, 4) is 0 Å². The molecule has 2 aromatic heterocycles. The van der Waals surface area contributed by atoms with Crippen LogP contribution in [-0.2, 0) is 105 Å². The molecule has 3 aliphatic rings. The Morgan fingerprint density at radius 2 is 1.17 bits per heavy atom. The van der Waals surface area contributed by atoms with Crippen LogP contribution in [-0.4, -0.2) is 291 Å². The number of aliphatic imine (C=N–C) groups is 1. The maximum atomic E-state index is 15.5. The highest BCUT2D eigenvalue weighted by molar-refractivity contribution is 6.01. The molecule has 46 heteroatoms. The van der Waals surface area contributed by atoms with Crippen LogP contribution >= 0.6 is 0 Å². The van der Waals surface area contributed by atoms with E-state index in [2.05, 4.69) is 105 Å². The first-order chi connectivity index (χ1) is 68.4. The summed E-state index contributed by atoms with van der Waals surface area (Å²) in [5, 5.41) is 89.1. The molecule has 0 saturated carbocycles. The van der Waals surface area contributed by atoms with E-state index in [-0.39, 0.29) is 146 Å². The van der Waals surface area contributed by atoms with Crippen molar-refractivity contribution in [1.82, 2.24) is 105 Å². The number of aliphatic hydroxyl groups is 2. The Morgan fingerprint density at radius 1 is 0.570 bits per heavy atom. The third-order valence-electron chi connectivity index (χ3n) is 24.5. The molecule has 782 valence electrons. The maximum absolute atomic E-state index is 15.5. The van der Waals surface area contributed by atoms with Crippen molar-refractivity contribution in [1.29, 1.82) is 10.8 Å². The fraction of sp³-hybridized carbons (Fsp3) is 0.625. The number of tetrazole rings is 1. The number of aliphatic hydroxyl groups excluding tert-OH is 2. The zero-order valence-electron chi connectivity index (χ0n) is 81.6. The number of aromatic nitrogens is 5. The van der Waals surface area contributed by atoms with Crippen molar-refractivity contribution >= 4 is 123 Å². The Kier molecular flexibility index (Phi) is 52.9. The number of aromatic amines is 2. The van der Waals surface area contributed by atoms with E-state index >= 15 is 24.0 Å². The molecule has 0 radical (unpaired) electrons. The number of unbranched alkanes of at least 4 members (excludes halogenated alkanes) is 13. The number of hydrogen-bond donors (Lipinski definition) is 23. The number of guanidine groups is 2. The minimum Gasteiger partial charge on any atom is -0.394 e. The Morgan fingerprint density at radius 3 is 1.82 bits per heavy atom. The van der Waals surface area contributed by atoms with E-state index in [1.54, 1.807) is 55.6 Å². The first kappa shape index (κ1) is 116. The first-order valence-electron chi connectivity index (χ1n) is 49.7. The van der Waals surface area contributed by atoms with E-state index in [1.165, 1.54) is 64.5 Å². The summed E-state index contributed by atoms with van der Waals surface area (Å²) >= 11 is 0. The van der Waals surface area contributed by atoms with Gasteiger partial charge < -0.3 is 121 Å². The largest absolute Gasteiger partial charge is 0.394 e. The number of Topliss-reactive ketones (excluding diaryl/α,β-unsaturated/α-hetero) is 2. The van der Waals surface area contributed by atoms with Gasteiger partial charge in [-0.05, 0) is 105 Å². The number of benzene rings is 2. The fourth-order valence-corrected chi connectivity index (χ4v) is 16.7. The minimum atomic E-state index is -1.76. The molecule has 5 heterocycles. The number of para-hydroxylation sites is 1. The summed E-state index contributed by atoms with van der Waals surface area (Å²) in [5.41, 5.74) is 19.0. The van der Waals surface area contributed by atoms with Gasteiger partial charge >= 0.3 is 0 Å². The molecule has 4 aromatic rings. The lowest BCUT2D eigenvalue weighted by Gasteiger charge is -2.31. The number of primary amides is 1. The summed E-state index contributed by atoms with van der Waals surface area (Å²) in [6.07, 6.45) is 18.6. The summed E-state index contributed by atoms with van der Waals surface area (Å²) in [4.78, 5) is 236. The molecule has 0 spiro atoms. The van der Waals surface area contributed by atoms with E-state index in [0.717, 1.165) is 60.2 Å². The van der Waals surface area contributed by atoms with Crippen LogP contribution in [0.25, 0.3) is 10.9 Å². The number of rotatable bonds is 59. The van der Waals surface area contributed by atoms with Crippen molar-refractivity contribution < 1.29 is 96.4 Å². The van der Waals surface area contributed by atoms with Crippen molar-refractivity contribution in [2.45, 2.75) is 318 Å². The van der Waals surface area contributed by atoms with Crippen molar-refractivity contribution in [3.05, 3.63) is 89.5 Å². The van der Waals surface area contributed by atoms with Crippen LogP contribution in [0, 0.1) is 10.8 Å². The Bertz CT molecular complexity index is 4810. The minimum absolute atomic E-state index is 0.0125. The first-order valence-corrected chi connectivity index (χ1v) is 49.7. The zero-order valence-corrected chi connectivity index (χ0v) is 81.6. The SMILES string of the molecule is CCCC[C@H](NC(=O)[C@H](CCCNC(=N)N)NC(=O)[C@H](CC1=CCC=N1)NC(=O)[C@H](CCC(N)=O)NC(=O)[C@H](CO)NC(=O)CNC(=O)COCCOCCNC(=O)CCCCCCCCCCCCCCCc1nnn[nH]1)C(=O)N[C@H]1CCC(=O)CCCCC[C@@H](C(C)=O)NC(=O)[C@H](Cc2c[nH]c3ccccc23)NC(=O)[C@H](CCCNC(=N)N)NC(=O)[C@@H](Cc2ccccc2)NC(=O)[C@@H]2C[C@@H](O)CN2C1=O. The average Bonchev–Trinajstić information content (AvgIpc) is 1.65. The summed E-state index contributed by atoms with van der Waals surface area (Å²) in [6, 6.07) is -1.07. The number of nitrogens with two attached hydrogens (primary N) is 3. The van der Waals surface area contributed by atoms with E-state index < -0.39 is 213 Å². The molecule has 0 bridgehead atoms. The van der Waals surface area contributed by atoms with Gasteiger partial charge in [0, 0.05) is 119 Å². The summed E-state index contributed by atoms with van der Waals surface area (Å²) in [5.74, 6) is -13.0. The van der Waals surface area contributed by atoms with Crippen LogP contribution in [0.15, 0.2) is 77.6 Å². The van der Waals surface area contributed by atoms with E-state index in [0.29, 0.717) is 43.2 Å². The predicted octanol–water partition coefficient (Wildman–Crippen LogP) is -0.129. The average molecular weight is 1990 g/mol. The van der Waals surface area contributed by atoms with Gasteiger partial charge in [-0.15, -0.1) is 5.10 Å². The van der Waals surface area contributed by atoms with Gasteiger partial charge in [0.15, 0.2) is 17.7 Å². The number of amides is 14. The number of ether oxygens (including phenoxy) is 2. The third-order valence-corrected chi connectivity index (χ3v) is 24.5. The Labute approximate surface area is 826 Å². The van der Waals surface area contributed by atoms with E-state index in [4.69, 9.17) is 37.5 Å². The van der Waals surface area contributed by atoms with Gasteiger partial charge in [-0.25, -0.2) is 5.10 Å². The second-order valence-electron chi connectivity index (χ2n) is 36.1. The topological polar surface area (TPSA) is 712 Å². The van der Waals surface area contributed by atoms with Crippen LogP contribution < -0.4 is 91.6 Å². The molecular weight excluding hydrogens is 1840 g/mol. The number of H-pyrrole nitrogens is 2. The molecule has 46 nitrogen and oxygen atoms in total. The van der Waals surface area contributed by atoms with Crippen molar-refractivity contribution in [2.75, 3.05) is 65.8 Å². The van der Waals surface area contributed by atoms with Crippen molar-refractivity contribution in [3.63, 3.8) is 0 Å². The standard InChI is InChI=1S/C96H148N26O20/c1-3-4-34-70(86(132)114-74-42-41-65(125)32-20-17-21-35-68(61(2)124)109-90(136)76(53-63-56-106-69-36-25-24-33-67(63)69)115-87(133)72(38-28-47-105-96(100)101)111-89(135)75(52-62-29-18-16-19-30-62)117-93(139)79-55-66(126)58-122(79)94(74)140)110-85(131)71(37-27-46-104-95(98)99)112-91(137)77(54-64-31-26-45-102-64)116-88(134)73(43-44-80(97)127)113-92(138)78(59-123)108-83(129)57-107-84(130)60-142-51-50-141-49-48-103-82(128)40-23-15-13-11-9-7-5-6-8-10-12-14-22-39-81-118-120-121-119-81/h16,18-19,24-25,29-31,33,36,45,56,66,68,70-79,106,123,126H,3-15,17,20-23,26-28,32,34-35,37-44,46-55,57-60H2,1-2H3,(H2,97,127)(H,103,128)(H,107,130)(H,108,129)(H,109,136)(H,110,131)(H,111,135)(H,112,137)(H,113,138)(H,114,132)(H,115,133)(H,116,134)(H,117,139)(H4,98,99,104)(H4,100,101,105)(H,118,119,120,121)/t66-,68+,70+,71+,72+,73+,74+,75-,76+,77+,78+,79+/m1/s1. The highest BCUT2D eigenvalue weighted by Crippen LogP contribution is 2.25. The second-order valence-corrected chi connectivity index (χ2v) is 36.1. The molecule has 12 atom stereocenters. The number of fused-ring (bicyclic) bond motifs is 2. The second kappa shape index (κ2) is 65.0. The highest BCUT2D eigenvalue weighted by atomic mass is 16.5. The molecule has 142 heavy (non-hydrogen) atoms. The van der Waals surface area contributed by atoms with Crippen LogP contribution in [0.1, 0.15) is 243 Å². The zero-order chi connectivity index (χ0) is 103. The van der Waals surface area contributed by atoms with Crippen LogP contribution in [0.5, 0.6) is 0 Å². The lowest BCUT2D eigenvalue weighted by molar-refractivity contribution is -0.143. The number of hydrogen-bond acceptors (Lipinski definition) is 26. The molecule has 2 saturated heterocycles. The number of nitrogens with zero attached hydrogens (tertiary/aromatic N) is 5. The number of carbonyl (C=O) groups excluding carboxylic acids is 16. The number of aryl methyl sites for hydroxylation is 1. The van der Waals surface area contributed by atoms with Gasteiger partial charge in [-0.3, -0.25) is 92.5 Å². The van der Waals surface area contributed by atoms with E-state index in [9.17, 15) is 63.0 Å². The lowest BCUT2D eigenvalue weighted by Crippen LogP contribution is -2.61. The van der Waals surface area contributed by atoms with Crippen molar-refractivity contribution in [2.24, 2.45) is 22.2 Å². The number of ketones is 2. The molecule has 3 aliphatic heterocycles. The molecule has 2 aromatic carbocycles. The van der Waals surface area contributed by atoms with Gasteiger partial charge in [0.05, 0.1) is 45.1 Å². The smallest absolute Gasteiger partial charge is 0.246 e. The molecule has 2 fully saturated rings. The summed E-state index contributed by atoms with van der Waals surface area (Å²) in [7, 11) is 0. The normalized spacial score (nSPS) is 18.9. The van der Waals surface area contributed by atoms with Crippen LogP contribution in [0.4, 0.5) is 0 Å². The van der Waals surface area contributed by atoms with Crippen LogP contribution in [0.3, 0.4) is 0 Å². The monoisotopic (exact) mass is 1990 g/mol. The number of allylic oxidation sites excluding steroid dienone is 1. The Hall–Kier alpha value is -13.2. The summed E-state index contributed by atoms with van der Waals surface area (Å²) in [6.45, 7) is 0.956. The third kappa shape index (κ3) is 44.3. The molecule has 0 aliphatic carbocycles. The molecule has 7 rings (SSSR count). The number of carbonyl (C=O) groups is 16. The number of nitrogens with one attached hydrogen (secondary N) is 18. The van der Waals surface area contributed by atoms with Gasteiger partial charge in [-0.1, -0.05) is 158 Å². The lowest BCUT2D eigenvalue weighted by atomic mass is 9.99. The van der Waals surface area contributed by atoms with Gasteiger partial charge in [0.2, 0.25) is 82.7 Å². The van der Waals surface area contributed by atoms with Gasteiger partial charge in [0.25, 0.3) is 0 Å². The van der Waals surface area contributed by atoms with Gasteiger partial charge in [0.1, 0.15) is 78.6 Å². The van der Waals surface area contributed by atoms with Gasteiger partial charge in [-0.2, -0.15) is 0 Å². The Balaban J connectivity index is 0.988. The molecular formula is C96H148N26O20. The van der Waals surface area contributed by atoms with Crippen LogP contribution in [0.2, 0.25) is 0 Å². The molecule has 26 N–H and O–H groups in total. The quantitative estimate of drug-likeness (QED) is 0.0156. The molecule has 0 unspecified atom stereocenters. The summed E-state index contributed by atoms with van der Waals surface area (Å²) < 4.78 is 10.9. The van der Waals surface area contributed by atoms with E-state index in [1.807, 2.05) is 18.2 Å². The highest BCUT2D eigenvalue weighted by Gasteiger charge is 2.44. The predicted molar refractivity (Wildman–Crippen MR) is 525 cm³/mol. The molecule has 14 amide bonds.